The molecule has 3 aromatic rings. The van der Waals surface area contributed by atoms with Crippen molar-refractivity contribution in [3.63, 3.8) is 0 Å². The van der Waals surface area contributed by atoms with E-state index in [2.05, 4.69) is 5.10 Å². The summed E-state index contributed by atoms with van der Waals surface area (Å²) in [6, 6.07) is 14.1. The van der Waals surface area contributed by atoms with Crippen molar-refractivity contribution in [2.45, 2.75) is 78.6 Å². The maximum atomic E-state index is 13.7. The molecule has 0 saturated carbocycles. The molecule has 0 N–H and O–H groups in total. The van der Waals surface area contributed by atoms with E-state index in [-0.39, 0.29) is 30.8 Å². The van der Waals surface area contributed by atoms with Gasteiger partial charge < -0.3 is 14.4 Å². The fourth-order valence-electron chi connectivity index (χ4n) is 4.37. The topological polar surface area (TPSA) is 73.7 Å². The lowest BCUT2D eigenvalue weighted by Crippen LogP contribution is -2.47. The molecule has 2 aromatic carbocycles. The Kier molecular flexibility index (Phi) is 10.1. The monoisotopic (exact) mass is 587 g/mol. The van der Waals surface area contributed by atoms with Crippen molar-refractivity contribution in [2.24, 2.45) is 5.92 Å². The first kappa shape index (κ1) is 32.7. The zero-order valence-electron chi connectivity index (χ0n) is 25.3. The van der Waals surface area contributed by atoms with E-state index >= 15 is 0 Å². The van der Waals surface area contributed by atoms with Gasteiger partial charge in [-0.3, -0.25) is 9.59 Å². The molecule has 1 amide bonds. The van der Waals surface area contributed by atoms with Crippen LogP contribution in [-0.4, -0.2) is 50.8 Å². The first-order valence-electron chi connectivity index (χ1n) is 13.9. The highest BCUT2D eigenvalue weighted by Crippen LogP contribution is 2.29. The number of aromatic nitrogens is 2. The Labute approximate surface area is 245 Å². The largest absolute Gasteiger partial charge is 0.493 e. The van der Waals surface area contributed by atoms with E-state index in [9.17, 15) is 22.8 Å². The fourth-order valence-corrected chi connectivity index (χ4v) is 4.37. The van der Waals surface area contributed by atoms with Gasteiger partial charge in [-0.25, -0.2) is 4.68 Å². The second-order valence-electron chi connectivity index (χ2n) is 12.4. The van der Waals surface area contributed by atoms with Gasteiger partial charge in [0, 0.05) is 23.8 Å². The van der Waals surface area contributed by atoms with Crippen LogP contribution in [0.5, 0.6) is 5.75 Å². The number of rotatable bonds is 10. The number of esters is 1. The SMILES string of the molecule is CC(COc1ccc(-n2cc(C(F)(F)F)cn2)cc1)Cc1ccccc1C(=O)N(CCC(=O)OC(C)(C)C)C(C)(C)C. The van der Waals surface area contributed by atoms with Crippen LogP contribution >= 0.6 is 0 Å². The minimum atomic E-state index is -4.45. The van der Waals surface area contributed by atoms with Crippen LogP contribution in [0.25, 0.3) is 5.69 Å². The molecule has 1 unspecified atom stereocenters. The first-order chi connectivity index (χ1) is 19.4. The zero-order valence-corrected chi connectivity index (χ0v) is 25.3. The Balaban J connectivity index is 1.64. The predicted octanol–water partition coefficient (Wildman–Crippen LogP) is 7.12. The van der Waals surface area contributed by atoms with Crippen LogP contribution in [0, 0.1) is 5.92 Å². The summed E-state index contributed by atoms with van der Waals surface area (Å²) in [7, 11) is 0. The second kappa shape index (κ2) is 13.0. The number of hydrogen-bond donors (Lipinski definition) is 0. The Morgan fingerprint density at radius 2 is 1.62 bits per heavy atom. The van der Waals surface area contributed by atoms with E-state index in [4.69, 9.17) is 9.47 Å². The van der Waals surface area contributed by atoms with Gasteiger partial charge in [0.25, 0.3) is 5.91 Å². The molecule has 0 aliphatic carbocycles. The van der Waals surface area contributed by atoms with Crippen LogP contribution in [-0.2, 0) is 22.1 Å². The highest BCUT2D eigenvalue weighted by atomic mass is 19.4. The summed E-state index contributed by atoms with van der Waals surface area (Å²) in [5.41, 5.74) is 0.000734. The van der Waals surface area contributed by atoms with Crippen molar-refractivity contribution < 1.29 is 32.2 Å². The van der Waals surface area contributed by atoms with Gasteiger partial charge in [0.15, 0.2) is 0 Å². The fraction of sp³-hybridized carbons (Fsp3) is 0.469. The van der Waals surface area contributed by atoms with Gasteiger partial charge in [-0.05, 0) is 89.8 Å². The van der Waals surface area contributed by atoms with Gasteiger partial charge >= 0.3 is 12.1 Å². The zero-order chi connectivity index (χ0) is 31.3. The number of alkyl halides is 3. The number of ether oxygens (including phenoxy) is 2. The molecule has 42 heavy (non-hydrogen) atoms. The number of carbonyl (C=O) groups excluding carboxylic acids is 2. The van der Waals surface area contributed by atoms with Crippen LogP contribution in [0.2, 0.25) is 0 Å². The molecular formula is C32H40F3N3O4. The third kappa shape index (κ3) is 9.36. The highest BCUT2D eigenvalue weighted by Gasteiger charge is 2.32. The standard InChI is InChI=1S/C32H40F3N3O4/c1-22(21-41-26-14-12-25(13-15-26)38-20-24(19-36-38)32(33,34)35)18-23-10-8-9-11-27(23)29(40)37(30(2,3)4)17-16-28(39)42-31(5,6)7/h8-15,19-20,22H,16-18,21H2,1-7H3. The number of carbonyl (C=O) groups is 2. The van der Waals surface area contributed by atoms with E-state index < -0.39 is 22.9 Å². The lowest BCUT2D eigenvalue weighted by molar-refractivity contribution is -0.155. The lowest BCUT2D eigenvalue weighted by Gasteiger charge is -2.36. The summed E-state index contributed by atoms with van der Waals surface area (Å²) >= 11 is 0. The summed E-state index contributed by atoms with van der Waals surface area (Å²) in [5.74, 6) is 0.105. The van der Waals surface area contributed by atoms with Gasteiger partial charge in [0.1, 0.15) is 11.4 Å². The van der Waals surface area contributed by atoms with Crippen molar-refractivity contribution in [1.29, 1.82) is 0 Å². The Bertz CT molecular complexity index is 1350. The van der Waals surface area contributed by atoms with Crippen LogP contribution in [0.15, 0.2) is 60.9 Å². The first-order valence-corrected chi connectivity index (χ1v) is 13.9. The Hall–Kier alpha value is -3.82. The number of halogens is 3. The number of amides is 1. The number of hydrogen-bond acceptors (Lipinski definition) is 5. The predicted molar refractivity (Wildman–Crippen MR) is 155 cm³/mol. The summed E-state index contributed by atoms with van der Waals surface area (Å²) < 4.78 is 51.2. The van der Waals surface area contributed by atoms with Gasteiger partial charge in [-0.15, -0.1) is 0 Å². The number of nitrogens with zero attached hydrogens (tertiary/aromatic N) is 3. The quantitative estimate of drug-likeness (QED) is 0.236. The molecule has 0 bridgehead atoms. The minimum Gasteiger partial charge on any atom is -0.493 e. The normalized spacial score (nSPS) is 13.0. The van der Waals surface area contributed by atoms with Crippen LogP contribution in [0.1, 0.15) is 76.4 Å². The molecule has 1 atom stereocenters. The molecule has 0 radical (unpaired) electrons. The molecule has 1 aromatic heterocycles. The van der Waals surface area contributed by atoms with Crippen molar-refractivity contribution in [3.8, 4) is 11.4 Å². The summed E-state index contributed by atoms with van der Waals surface area (Å²) in [6.07, 6.45) is -2.05. The smallest absolute Gasteiger partial charge is 0.419 e. The van der Waals surface area contributed by atoms with Gasteiger partial charge in [-0.2, -0.15) is 18.3 Å². The van der Waals surface area contributed by atoms with Crippen molar-refractivity contribution in [2.75, 3.05) is 13.2 Å². The summed E-state index contributed by atoms with van der Waals surface area (Å²) in [6.45, 7) is 13.9. The molecule has 3 rings (SSSR count). The van der Waals surface area contributed by atoms with Gasteiger partial charge in [0.2, 0.25) is 0 Å². The van der Waals surface area contributed by atoms with Gasteiger partial charge in [-0.1, -0.05) is 25.1 Å². The molecule has 0 aliphatic rings. The molecule has 0 spiro atoms. The third-order valence-corrected chi connectivity index (χ3v) is 6.38. The highest BCUT2D eigenvalue weighted by molar-refractivity contribution is 5.96. The lowest BCUT2D eigenvalue weighted by atomic mass is 9.95. The van der Waals surface area contributed by atoms with E-state index in [1.807, 2.05) is 66.7 Å². The Morgan fingerprint density at radius 3 is 2.19 bits per heavy atom. The van der Waals surface area contributed by atoms with Crippen molar-refractivity contribution >= 4 is 11.9 Å². The van der Waals surface area contributed by atoms with Crippen LogP contribution in [0.4, 0.5) is 13.2 Å². The Morgan fingerprint density at radius 1 is 0.976 bits per heavy atom. The molecule has 1 heterocycles. The molecular weight excluding hydrogens is 547 g/mol. The average molecular weight is 588 g/mol. The summed E-state index contributed by atoms with van der Waals surface area (Å²) in [5, 5.41) is 3.79. The molecule has 0 aliphatic heterocycles. The van der Waals surface area contributed by atoms with Crippen LogP contribution in [0.3, 0.4) is 0 Å². The van der Waals surface area contributed by atoms with Crippen molar-refractivity contribution in [3.05, 3.63) is 77.6 Å². The van der Waals surface area contributed by atoms with E-state index in [0.717, 1.165) is 22.6 Å². The molecule has 0 fully saturated rings. The summed E-state index contributed by atoms with van der Waals surface area (Å²) in [4.78, 5) is 27.8. The van der Waals surface area contributed by atoms with Crippen LogP contribution < -0.4 is 4.74 Å². The van der Waals surface area contributed by atoms with E-state index in [0.29, 0.717) is 30.0 Å². The average Bonchev–Trinajstić information content (AvgIpc) is 3.37. The van der Waals surface area contributed by atoms with Gasteiger partial charge in [0.05, 0.1) is 30.5 Å². The maximum Gasteiger partial charge on any atom is 0.419 e. The maximum absolute atomic E-state index is 13.7. The molecule has 228 valence electrons. The third-order valence-electron chi connectivity index (χ3n) is 6.38. The number of benzene rings is 2. The molecule has 7 nitrogen and oxygen atoms in total. The molecule has 0 saturated heterocycles. The van der Waals surface area contributed by atoms with E-state index in [1.165, 1.54) is 0 Å². The van der Waals surface area contributed by atoms with E-state index in [1.54, 1.807) is 35.2 Å². The minimum absolute atomic E-state index is 0.0453. The van der Waals surface area contributed by atoms with Crippen molar-refractivity contribution in [1.82, 2.24) is 14.7 Å². The second-order valence-corrected chi connectivity index (χ2v) is 12.4. The molecule has 10 heteroatoms.